The lowest BCUT2D eigenvalue weighted by Crippen LogP contribution is -2.12. The zero-order valence-corrected chi connectivity index (χ0v) is 11.6. The third kappa shape index (κ3) is 3.44. The number of nitrogens with zero attached hydrogens (tertiary/aromatic N) is 1. The maximum absolute atomic E-state index is 11.1. The largest absolute Gasteiger partial charge is 0.439 e. The highest BCUT2D eigenvalue weighted by molar-refractivity contribution is 7.89. The summed E-state index contributed by atoms with van der Waals surface area (Å²) in [6.45, 7) is 1.85. The van der Waals surface area contributed by atoms with Crippen molar-refractivity contribution in [1.82, 2.24) is 4.98 Å². The van der Waals surface area contributed by atoms with Crippen molar-refractivity contribution >= 4 is 21.6 Å². The summed E-state index contributed by atoms with van der Waals surface area (Å²) >= 11 is 5.90. The molecule has 7 heteroatoms. The topological polar surface area (TPSA) is 82.3 Å². The first-order chi connectivity index (χ1) is 8.86. The number of benzene rings is 1. The third-order valence-corrected chi connectivity index (χ3v) is 3.71. The van der Waals surface area contributed by atoms with Gasteiger partial charge in [0.2, 0.25) is 15.9 Å². The molecule has 1 aromatic heterocycles. The smallest absolute Gasteiger partial charge is 0.239 e. The number of hydrogen-bond donors (Lipinski definition) is 1. The summed E-state index contributed by atoms with van der Waals surface area (Å²) in [4.78, 5) is 3.82. The number of nitrogens with two attached hydrogens (primary N) is 1. The predicted molar refractivity (Wildman–Crippen MR) is 71.9 cm³/mol. The number of halogens is 1. The van der Waals surface area contributed by atoms with E-state index in [0.29, 0.717) is 10.8 Å². The highest BCUT2D eigenvalue weighted by atomic mass is 35.5. The van der Waals surface area contributed by atoms with E-state index in [0.717, 1.165) is 11.8 Å². The fourth-order valence-corrected chi connectivity index (χ4v) is 1.97. The average molecular weight is 299 g/mol. The Bertz CT molecular complexity index is 699. The quantitative estimate of drug-likeness (QED) is 0.943. The molecule has 0 radical (unpaired) electrons. The molecular formula is C12H11ClN2O3S. The second kappa shape index (κ2) is 5.16. The maximum Gasteiger partial charge on any atom is 0.239 e. The fourth-order valence-electron chi connectivity index (χ4n) is 1.40. The van der Waals surface area contributed by atoms with E-state index in [4.69, 9.17) is 21.5 Å². The molecule has 2 N–H and O–H groups in total. The molecule has 0 unspecified atom stereocenters. The SMILES string of the molecule is Cc1cc(Oc2ccc(S(N)(=O)=O)cn2)ccc1Cl. The van der Waals surface area contributed by atoms with Gasteiger partial charge in [0, 0.05) is 11.1 Å². The molecule has 100 valence electrons. The Kier molecular flexibility index (Phi) is 3.75. The second-order valence-corrected chi connectivity index (χ2v) is 5.86. The zero-order valence-electron chi connectivity index (χ0n) is 10.00. The van der Waals surface area contributed by atoms with Gasteiger partial charge >= 0.3 is 0 Å². The van der Waals surface area contributed by atoms with Crippen LogP contribution in [0, 0.1) is 6.92 Å². The highest BCUT2D eigenvalue weighted by Gasteiger charge is 2.08. The number of aromatic nitrogens is 1. The first kappa shape index (κ1) is 13.8. The van der Waals surface area contributed by atoms with Crippen molar-refractivity contribution in [2.24, 2.45) is 5.14 Å². The van der Waals surface area contributed by atoms with Gasteiger partial charge in [0.1, 0.15) is 10.6 Å². The van der Waals surface area contributed by atoms with Crippen molar-refractivity contribution in [3.05, 3.63) is 47.1 Å². The van der Waals surface area contributed by atoms with Gasteiger partial charge in [-0.2, -0.15) is 0 Å². The molecule has 0 saturated carbocycles. The summed E-state index contributed by atoms with van der Waals surface area (Å²) < 4.78 is 27.6. The minimum atomic E-state index is -3.74. The number of rotatable bonds is 3. The van der Waals surface area contributed by atoms with E-state index in [2.05, 4.69) is 4.98 Å². The van der Waals surface area contributed by atoms with Gasteiger partial charge in [-0.15, -0.1) is 0 Å². The molecule has 1 aromatic carbocycles. The Morgan fingerprint density at radius 3 is 2.53 bits per heavy atom. The monoisotopic (exact) mass is 298 g/mol. The summed E-state index contributed by atoms with van der Waals surface area (Å²) in [5, 5.41) is 5.62. The highest BCUT2D eigenvalue weighted by Crippen LogP contribution is 2.25. The van der Waals surface area contributed by atoms with Crippen molar-refractivity contribution in [2.45, 2.75) is 11.8 Å². The lowest BCUT2D eigenvalue weighted by atomic mass is 10.2. The van der Waals surface area contributed by atoms with Crippen molar-refractivity contribution in [2.75, 3.05) is 0 Å². The van der Waals surface area contributed by atoms with Crippen LogP contribution in [0.3, 0.4) is 0 Å². The van der Waals surface area contributed by atoms with E-state index < -0.39 is 10.0 Å². The number of pyridine rings is 1. The molecule has 0 amide bonds. The molecule has 19 heavy (non-hydrogen) atoms. The fraction of sp³-hybridized carbons (Fsp3) is 0.0833. The molecule has 2 aromatic rings. The first-order valence-corrected chi connectivity index (χ1v) is 7.21. The van der Waals surface area contributed by atoms with Crippen LogP contribution in [-0.4, -0.2) is 13.4 Å². The van der Waals surface area contributed by atoms with Crippen LogP contribution in [0.1, 0.15) is 5.56 Å². The van der Waals surface area contributed by atoms with Crippen LogP contribution >= 0.6 is 11.6 Å². The molecular weight excluding hydrogens is 288 g/mol. The van der Waals surface area contributed by atoms with Crippen LogP contribution in [0.2, 0.25) is 5.02 Å². The van der Waals surface area contributed by atoms with Gasteiger partial charge in [0.25, 0.3) is 0 Å². The van der Waals surface area contributed by atoms with Gasteiger partial charge in [0.15, 0.2) is 0 Å². The molecule has 0 saturated heterocycles. The summed E-state index contributed by atoms with van der Waals surface area (Å²) in [7, 11) is -3.74. The standard InChI is InChI=1S/C12H11ClN2O3S/c1-8-6-9(2-4-11(8)13)18-12-5-3-10(7-15-12)19(14,16)17/h2-7H,1H3,(H2,14,16,17). The van der Waals surface area contributed by atoms with Gasteiger partial charge in [-0.3, -0.25) is 0 Å². The van der Waals surface area contributed by atoms with Gasteiger partial charge < -0.3 is 4.74 Å². The number of aryl methyl sites for hydroxylation is 1. The Labute approximate surface area is 116 Å². The van der Waals surface area contributed by atoms with E-state index in [9.17, 15) is 8.42 Å². The lowest BCUT2D eigenvalue weighted by Gasteiger charge is -2.06. The Hall–Kier alpha value is -1.63. The molecule has 0 bridgehead atoms. The summed E-state index contributed by atoms with van der Waals surface area (Å²) in [5.74, 6) is 0.840. The molecule has 1 heterocycles. The van der Waals surface area contributed by atoms with Gasteiger partial charge in [-0.25, -0.2) is 18.5 Å². The average Bonchev–Trinajstić information content (AvgIpc) is 2.33. The Balaban J connectivity index is 2.22. The number of primary sulfonamides is 1. The van der Waals surface area contributed by atoms with Crippen molar-refractivity contribution in [3.63, 3.8) is 0 Å². The number of hydrogen-bond acceptors (Lipinski definition) is 4. The predicted octanol–water partition coefficient (Wildman–Crippen LogP) is 2.48. The van der Waals surface area contributed by atoms with Crippen LogP contribution in [-0.2, 0) is 10.0 Å². The molecule has 2 rings (SSSR count). The van der Waals surface area contributed by atoms with Crippen LogP contribution in [0.5, 0.6) is 11.6 Å². The van der Waals surface area contributed by atoms with E-state index in [1.54, 1.807) is 18.2 Å². The normalized spacial score (nSPS) is 11.3. The second-order valence-electron chi connectivity index (χ2n) is 3.89. The van der Waals surface area contributed by atoms with Crippen LogP contribution in [0.4, 0.5) is 0 Å². The molecule has 0 atom stereocenters. The van der Waals surface area contributed by atoms with Crippen molar-refractivity contribution < 1.29 is 13.2 Å². The van der Waals surface area contributed by atoms with Gasteiger partial charge in [-0.1, -0.05) is 11.6 Å². The Morgan fingerprint density at radius 2 is 2.00 bits per heavy atom. The number of ether oxygens (including phenoxy) is 1. The Morgan fingerprint density at radius 1 is 1.26 bits per heavy atom. The molecule has 0 spiro atoms. The third-order valence-electron chi connectivity index (χ3n) is 2.39. The minimum Gasteiger partial charge on any atom is -0.439 e. The van der Waals surface area contributed by atoms with E-state index in [-0.39, 0.29) is 10.8 Å². The van der Waals surface area contributed by atoms with E-state index in [1.807, 2.05) is 6.92 Å². The van der Waals surface area contributed by atoms with Crippen molar-refractivity contribution in [1.29, 1.82) is 0 Å². The molecule has 0 aliphatic heterocycles. The molecule has 5 nitrogen and oxygen atoms in total. The molecule has 0 fully saturated rings. The van der Waals surface area contributed by atoms with E-state index in [1.165, 1.54) is 12.1 Å². The van der Waals surface area contributed by atoms with Crippen LogP contribution in [0.25, 0.3) is 0 Å². The number of sulfonamides is 1. The zero-order chi connectivity index (χ0) is 14.0. The van der Waals surface area contributed by atoms with Crippen molar-refractivity contribution in [3.8, 4) is 11.6 Å². The maximum atomic E-state index is 11.1. The van der Waals surface area contributed by atoms with Crippen LogP contribution < -0.4 is 9.88 Å². The van der Waals surface area contributed by atoms with Gasteiger partial charge in [-0.05, 0) is 36.8 Å². The van der Waals surface area contributed by atoms with Crippen LogP contribution in [0.15, 0.2) is 41.4 Å². The van der Waals surface area contributed by atoms with Gasteiger partial charge in [0.05, 0.1) is 6.20 Å². The summed E-state index contributed by atoms with van der Waals surface area (Å²) in [6, 6.07) is 7.94. The first-order valence-electron chi connectivity index (χ1n) is 5.29. The molecule has 0 aliphatic carbocycles. The summed E-state index contributed by atoms with van der Waals surface area (Å²) in [5.41, 5.74) is 0.875. The molecule has 0 aliphatic rings. The van der Waals surface area contributed by atoms with E-state index >= 15 is 0 Å². The minimum absolute atomic E-state index is 0.0628. The lowest BCUT2D eigenvalue weighted by molar-refractivity contribution is 0.461. The summed E-state index contributed by atoms with van der Waals surface area (Å²) in [6.07, 6.45) is 1.15.